The van der Waals surface area contributed by atoms with Gasteiger partial charge in [-0.25, -0.2) is 4.98 Å². The summed E-state index contributed by atoms with van der Waals surface area (Å²) in [5.74, 6) is 2.94. The van der Waals surface area contributed by atoms with E-state index in [0.717, 1.165) is 22.6 Å². The van der Waals surface area contributed by atoms with Crippen LogP contribution in [-0.2, 0) is 6.54 Å². The van der Waals surface area contributed by atoms with Crippen molar-refractivity contribution in [3.63, 3.8) is 0 Å². The average Bonchev–Trinajstić information content (AvgIpc) is 2.97. The molecule has 0 spiro atoms. The van der Waals surface area contributed by atoms with Crippen LogP contribution in [0.25, 0.3) is 11.0 Å². The molecule has 1 N–H and O–H groups in total. The first-order valence-electron chi connectivity index (χ1n) is 9.98. The summed E-state index contributed by atoms with van der Waals surface area (Å²) in [7, 11) is 0. The van der Waals surface area contributed by atoms with E-state index in [-0.39, 0.29) is 19.0 Å². The molecule has 0 aliphatic heterocycles. The van der Waals surface area contributed by atoms with E-state index in [0.29, 0.717) is 18.4 Å². The molecule has 1 aliphatic carbocycles. The summed E-state index contributed by atoms with van der Waals surface area (Å²) in [5.41, 5.74) is 3.40. The molecule has 1 aliphatic rings. The van der Waals surface area contributed by atoms with Crippen molar-refractivity contribution in [2.24, 2.45) is 0 Å². The number of ether oxygens (including phenoxy) is 1. The molecule has 150 valence electrons. The summed E-state index contributed by atoms with van der Waals surface area (Å²) in [4.78, 5) is 4.84. The smallest absolute Gasteiger partial charge is 0.119 e. The maximum absolute atomic E-state index is 10.6. The van der Waals surface area contributed by atoms with Gasteiger partial charge in [-0.2, -0.15) is 0 Å². The zero-order chi connectivity index (χ0) is 18.8. The van der Waals surface area contributed by atoms with Gasteiger partial charge in [-0.05, 0) is 48.6 Å². The van der Waals surface area contributed by atoms with Crippen molar-refractivity contribution in [1.82, 2.24) is 9.55 Å². The van der Waals surface area contributed by atoms with Gasteiger partial charge in [0, 0.05) is 5.92 Å². The molecule has 0 bridgehead atoms. The summed E-state index contributed by atoms with van der Waals surface area (Å²) < 4.78 is 8.01. The standard InChI is InChI=1S/C23H28N2O2.ClH/c1-16(2)17-10-12-20(13-11-17)27-15-19(26)14-25-22-9-4-3-8-21(22)24-23(25)18-6-5-7-18;/h3-4,8-13,16,18-19,26H,5-7,14-15H2,1-2H3;1H. The van der Waals surface area contributed by atoms with Crippen molar-refractivity contribution in [1.29, 1.82) is 0 Å². The molecule has 0 saturated heterocycles. The number of aliphatic hydroxyl groups is 1. The summed E-state index contributed by atoms with van der Waals surface area (Å²) in [6, 6.07) is 16.3. The molecule has 4 rings (SSSR count). The quantitative estimate of drug-likeness (QED) is 0.586. The maximum atomic E-state index is 10.6. The number of para-hydroxylation sites is 2. The third-order valence-electron chi connectivity index (χ3n) is 5.54. The van der Waals surface area contributed by atoms with E-state index >= 15 is 0 Å². The predicted octanol–water partition coefficient (Wildman–Crippen LogP) is 5.29. The largest absolute Gasteiger partial charge is 0.491 e. The van der Waals surface area contributed by atoms with E-state index in [1.165, 1.54) is 24.8 Å². The molecule has 2 aromatic carbocycles. The van der Waals surface area contributed by atoms with Crippen LogP contribution in [0.1, 0.15) is 56.3 Å². The van der Waals surface area contributed by atoms with Crippen molar-refractivity contribution >= 4 is 23.4 Å². The molecular weight excluding hydrogens is 372 g/mol. The number of aromatic nitrogens is 2. The van der Waals surface area contributed by atoms with Crippen LogP contribution in [0.5, 0.6) is 5.75 Å². The molecule has 1 saturated carbocycles. The fourth-order valence-corrected chi connectivity index (χ4v) is 3.67. The first-order valence-corrected chi connectivity index (χ1v) is 9.98. The molecule has 1 fully saturated rings. The van der Waals surface area contributed by atoms with Crippen LogP contribution in [-0.4, -0.2) is 27.4 Å². The average molecular weight is 401 g/mol. The van der Waals surface area contributed by atoms with Crippen molar-refractivity contribution < 1.29 is 9.84 Å². The SMILES string of the molecule is CC(C)c1ccc(OCC(O)Cn2c(C3CCC3)nc3ccccc32)cc1.Cl. The number of imidazole rings is 1. The van der Waals surface area contributed by atoms with Crippen LogP contribution in [0.15, 0.2) is 48.5 Å². The Morgan fingerprint density at radius 2 is 1.82 bits per heavy atom. The van der Waals surface area contributed by atoms with Crippen molar-refractivity contribution in [2.45, 2.75) is 57.6 Å². The fourth-order valence-electron chi connectivity index (χ4n) is 3.67. The minimum Gasteiger partial charge on any atom is -0.491 e. The van der Waals surface area contributed by atoms with E-state index < -0.39 is 6.10 Å². The number of halogens is 1. The Balaban J connectivity index is 0.00000225. The van der Waals surface area contributed by atoms with Gasteiger partial charge in [0.2, 0.25) is 0 Å². The van der Waals surface area contributed by atoms with Gasteiger partial charge in [-0.1, -0.05) is 44.5 Å². The lowest BCUT2D eigenvalue weighted by molar-refractivity contribution is 0.0919. The Morgan fingerprint density at radius 3 is 2.46 bits per heavy atom. The lowest BCUT2D eigenvalue weighted by Crippen LogP contribution is -2.26. The number of rotatable bonds is 7. The number of aliphatic hydroxyl groups excluding tert-OH is 1. The van der Waals surface area contributed by atoms with Crippen molar-refractivity contribution in [3.05, 3.63) is 59.9 Å². The highest BCUT2D eigenvalue weighted by atomic mass is 35.5. The monoisotopic (exact) mass is 400 g/mol. The third-order valence-corrected chi connectivity index (χ3v) is 5.54. The minimum absolute atomic E-state index is 0. The molecule has 1 atom stereocenters. The number of benzene rings is 2. The van der Waals surface area contributed by atoms with Gasteiger partial charge in [-0.3, -0.25) is 0 Å². The molecule has 0 radical (unpaired) electrons. The van der Waals surface area contributed by atoms with Gasteiger partial charge in [0.1, 0.15) is 24.3 Å². The summed E-state index contributed by atoms with van der Waals surface area (Å²) >= 11 is 0. The van der Waals surface area contributed by atoms with E-state index in [1.54, 1.807) is 0 Å². The summed E-state index contributed by atoms with van der Waals surface area (Å²) in [5, 5.41) is 10.6. The van der Waals surface area contributed by atoms with Gasteiger partial charge in [-0.15, -0.1) is 12.4 Å². The molecule has 28 heavy (non-hydrogen) atoms. The first-order chi connectivity index (χ1) is 13.1. The molecule has 4 nitrogen and oxygen atoms in total. The van der Waals surface area contributed by atoms with Crippen molar-refractivity contribution in [3.8, 4) is 5.75 Å². The number of nitrogens with zero attached hydrogens (tertiary/aromatic N) is 2. The van der Waals surface area contributed by atoms with E-state index in [4.69, 9.17) is 9.72 Å². The van der Waals surface area contributed by atoms with Gasteiger partial charge < -0.3 is 14.4 Å². The van der Waals surface area contributed by atoms with Gasteiger partial charge in [0.05, 0.1) is 17.6 Å². The molecule has 1 heterocycles. The van der Waals surface area contributed by atoms with E-state index in [1.807, 2.05) is 30.3 Å². The zero-order valence-electron chi connectivity index (χ0n) is 16.5. The first kappa shape index (κ1) is 20.7. The molecule has 1 unspecified atom stereocenters. The number of hydrogen-bond acceptors (Lipinski definition) is 3. The summed E-state index contributed by atoms with van der Waals surface area (Å²) in [6.45, 7) is 5.14. The summed E-state index contributed by atoms with van der Waals surface area (Å²) in [6.07, 6.45) is 3.08. The Labute approximate surface area is 173 Å². The van der Waals surface area contributed by atoms with Crippen molar-refractivity contribution in [2.75, 3.05) is 6.61 Å². The highest BCUT2D eigenvalue weighted by molar-refractivity contribution is 5.85. The number of hydrogen-bond donors (Lipinski definition) is 1. The zero-order valence-corrected chi connectivity index (χ0v) is 17.4. The van der Waals surface area contributed by atoms with E-state index in [9.17, 15) is 5.11 Å². The van der Waals surface area contributed by atoms with Crippen LogP contribution in [0.3, 0.4) is 0 Å². The third kappa shape index (κ3) is 4.34. The van der Waals surface area contributed by atoms with Crippen LogP contribution in [0.4, 0.5) is 0 Å². The van der Waals surface area contributed by atoms with Crippen LogP contribution >= 0.6 is 12.4 Å². The predicted molar refractivity (Wildman–Crippen MR) is 116 cm³/mol. The van der Waals surface area contributed by atoms with Gasteiger partial charge in [0.25, 0.3) is 0 Å². The lowest BCUT2D eigenvalue weighted by atomic mass is 9.85. The molecule has 1 aromatic heterocycles. The highest BCUT2D eigenvalue weighted by Crippen LogP contribution is 2.37. The Hall–Kier alpha value is -2.04. The molecule has 5 heteroatoms. The molecular formula is C23H29ClN2O2. The minimum atomic E-state index is -0.578. The highest BCUT2D eigenvalue weighted by Gasteiger charge is 2.26. The lowest BCUT2D eigenvalue weighted by Gasteiger charge is -2.26. The second-order valence-electron chi connectivity index (χ2n) is 7.89. The maximum Gasteiger partial charge on any atom is 0.119 e. The molecule has 3 aromatic rings. The normalized spacial score (nSPS) is 15.3. The Morgan fingerprint density at radius 1 is 1.11 bits per heavy atom. The van der Waals surface area contributed by atoms with Crippen LogP contribution in [0, 0.1) is 0 Å². The van der Waals surface area contributed by atoms with Crippen LogP contribution < -0.4 is 4.74 Å². The second kappa shape index (κ2) is 8.97. The Kier molecular flexibility index (Phi) is 6.63. The van der Waals surface area contributed by atoms with Crippen LogP contribution in [0.2, 0.25) is 0 Å². The van der Waals surface area contributed by atoms with Gasteiger partial charge in [0.15, 0.2) is 0 Å². The Bertz CT molecular complexity index is 901. The van der Waals surface area contributed by atoms with E-state index in [2.05, 4.69) is 36.6 Å². The fraction of sp³-hybridized carbons (Fsp3) is 0.435. The second-order valence-corrected chi connectivity index (χ2v) is 7.89. The van der Waals surface area contributed by atoms with Gasteiger partial charge >= 0.3 is 0 Å². The molecule has 0 amide bonds. The topological polar surface area (TPSA) is 47.3 Å². The number of fused-ring (bicyclic) bond motifs is 1.